The van der Waals surface area contributed by atoms with Gasteiger partial charge in [-0.15, -0.1) is 0 Å². The maximum atomic E-state index is 10.8. The Morgan fingerprint density at radius 2 is 2.42 bits per heavy atom. The lowest BCUT2D eigenvalue weighted by molar-refractivity contribution is 0.0999. The Kier molecular flexibility index (Phi) is 2.82. The summed E-state index contributed by atoms with van der Waals surface area (Å²) in [6.45, 7) is 0.594. The standard InChI is InChI=1S/C7H12N4O/c8-3-1-2-6-5(7(9)12)4-10-11-6/h4H,1-3,8H2,(H2,9,12)(H,10,11). The summed E-state index contributed by atoms with van der Waals surface area (Å²) in [6, 6.07) is 0. The maximum Gasteiger partial charge on any atom is 0.252 e. The van der Waals surface area contributed by atoms with Crippen molar-refractivity contribution in [3.8, 4) is 0 Å². The van der Waals surface area contributed by atoms with Crippen LogP contribution in [-0.2, 0) is 6.42 Å². The fraction of sp³-hybridized carbons (Fsp3) is 0.429. The molecule has 0 aliphatic carbocycles. The van der Waals surface area contributed by atoms with E-state index in [0.29, 0.717) is 12.1 Å². The van der Waals surface area contributed by atoms with Crippen LogP contribution in [0.15, 0.2) is 6.20 Å². The average molecular weight is 168 g/mol. The molecule has 5 heteroatoms. The second-order valence-corrected chi connectivity index (χ2v) is 2.52. The molecule has 0 bridgehead atoms. The highest BCUT2D eigenvalue weighted by Crippen LogP contribution is 2.05. The zero-order valence-electron chi connectivity index (χ0n) is 6.71. The molecule has 0 aliphatic rings. The molecular formula is C7H12N4O. The molecule has 1 amide bonds. The minimum absolute atomic E-state index is 0.448. The number of H-pyrrole nitrogens is 1. The summed E-state index contributed by atoms with van der Waals surface area (Å²) in [4.78, 5) is 10.8. The molecule has 0 fully saturated rings. The van der Waals surface area contributed by atoms with Gasteiger partial charge in [-0.1, -0.05) is 0 Å². The van der Waals surface area contributed by atoms with Crippen LogP contribution < -0.4 is 11.5 Å². The van der Waals surface area contributed by atoms with Crippen molar-refractivity contribution in [1.82, 2.24) is 10.2 Å². The molecule has 0 aliphatic heterocycles. The monoisotopic (exact) mass is 168 g/mol. The number of carbonyl (C=O) groups is 1. The topological polar surface area (TPSA) is 97.8 Å². The van der Waals surface area contributed by atoms with Crippen LogP contribution in [0, 0.1) is 0 Å². The van der Waals surface area contributed by atoms with Gasteiger partial charge in [0.05, 0.1) is 11.8 Å². The number of carbonyl (C=O) groups excluding carboxylic acids is 1. The number of amides is 1. The highest BCUT2D eigenvalue weighted by atomic mass is 16.1. The van der Waals surface area contributed by atoms with Gasteiger partial charge in [-0.3, -0.25) is 9.89 Å². The van der Waals surface area contributed by atoms with Gasteiger partial charge >= 0.3 is 0 Å². The van der Waals surface area contributed by atoms with E-state index in [9.17, 15) is 4.79 Å². The molecule has 0 saturated heterocycles. The van der Waals surface area contributed by atoms with Gasteiger partial charge in [-0.2, -0.15) is 5.10 Å². The van der Waals surface area contributed by atoms with Gasteiger partial charge in [-0.25, -0.2) is 0 Å². The van der Waals surface area contributed by atoms with Gasteiger partial charge in [0.25, 0.3) is 5.91 Å². The quantitative estimate of drug-likeness (QED) is 0.559. The fourth-order valence-electron chi connectivity index (χ4n) is 0.995. The van der Waals surface area contributed by atoms with Crippen molar-refractivity contribution in [3.05, 3.63) is 17.5 Å². The molecule has 5 nitrogen and oxygen atoms in total. The van der Waals surface area contributed by atoms with Gasteiger partial charge in [0, 0.05) is 5.69 Å². The minimum atomic E-state index is -0.448. The van der Waals surface area contributed by atoms with Crippen molar-refractivity contribution in [1.29, 1.82) is 0 Å². The molecule has 1 aromatic rings. The molecule has 0 spiro atoms. The van der Waals surface area contributed by atoms with Crippen LogP contribution >= 0.6 is 0 Å². The Bertz CT molecular complexity index is 268. The Labute approximate surface area is 70.1 Å². The third-order valence-corrected chi connectivity index (χ3v) is 1.61. The second-order valence-electron chi connectivity index (χ2n) is 2.52. The third-order valence-electron chi connectivity index (χ3n) is 1.61. The van der Waals surface area contributed by atoms with E-state index >= 15 is 0 Å². The molecule has 0 aromatic carbocycles. The number of aryl methyl sites for hydroxylation is 1. The predicted octanol–water partition coefficient (Wildman–Crippen LogP) is -0.600. The van der Waals surface area contributed by atoms with Crippen LogP contribution in [0.3, 0.4) is 0 Å². The number of hydrogen-bond acceptors (Lipinski definition) is 3. The number of nitrogens with zero attached hydrogens (tertiary/aromatic N) is 1. The number of primary amides is 1. The lowest BCUT2D eigenvalue weighted by atomic mass is 10.1. The van der Waals surface area contributed by atoms with Crippen molar-refractivity contribution in [3.63, 3.8) is 0 Å². The Balaban J connectivity index is 2.70. The molecule has 1 heterocycles. The number of aromatic amines is 1. The van der Waals surface area contributed by atoms with Crippen molar-refractivity contribution < 1.29 is 4.79 Å². The largest absolute Gasteiger partial charge is 0.365 e. The first kappa shape index (κ1) is 8.73. The van der Waals surface area contributed by atoms with E-state index in [2.05, 4.69) is 10.2 Å². The zero-order valence-corrected chi connectivity index (χ0v) is 6.71. The highest BCUT2D eigenvalue weighted by molar-refractivity contribution is 5.93. The van der Waals surface area contributed by atoms with Gasteiger partial charge in [-0.05, 0) is 19.4 Å². The summed E-state index contributed by atoms with van der Waals surface area (Å²) in [7, 11) is 0. The van der Waals surface area contributed by atoms with Crippen LogP contribution in [0.4, 0.5) is 0 Å². The second kappa shape index (κ2) is 3.87. The van der Waals surface area contributed by atoms with Crippen LogP contribution in [-0.4, -0.2) is 22.6 Å². The van der Waals surface area contributed by atoms with Crippen LogP contribution in [0.2, 0.25) is 0 Å². The van der Waals surface area contributed by atoms with Gasteiger partial charge < -0.3 is 11.5 Å². The summed E-state index contributed by atoms with van der Waals surface area (Å²) < 4.78 is 0. The van der Waals surface area contributed by atoms with Gasteiger partial charge in [0.2, 0.25) is 0 Å². The Morgan fingerprint density at radius 3 is 3.00 bits per heavy atom. The van der Waals surface area contributed by atoms with Gasteiger partial charge in [0.15, 0.2) is 0 Å². The number of rotatable bonds is 4. The molecule has 0 unspecified atom stereocenters. The smallest absolute Gasteiger partial charge is 0.252 e. The molecule has 1 aromatic heterocycles. The molecule has 0 radical (unpaired) electrons. The van der Waals surface area contributed by atoms with E-state index in [1.165, 1.54) is 6.20 Å². The van der Waals surface area contributed by atoms with Gasteiger partial charge in [0.1, 0.15) is 0 Å². The zero-order chi connectivity index (χ0) is 8.97. The first-order valence-electron chi connectivity index (χ1n) is 3.78. The van der Waals surface area contributed by atoms with Crippen LogP contribution in [0.25, 0.3) is 0 Å². The number of nitrogens with one attached hydrogen (secondary N) is 1. The van der Waals surface area contributed by atoms with E-state index in [-0.39, 0.29) is 0 Å². The van der Waals surface area contributed by atoms with Crippen LogP contribution in [0.5, 0.6) is 0 Å². The summed E-state index contributed by atoms with van der Waals surface area (Å²) in [5, 5.41) is 6.45. The molecule has 0 saturated carbocycles. The van der Waals surface area contributed by atoms with Crippen molar-refractivity contribution >= 4 is 5.91 Å². The fourth-order valence-corrected chi connectivity index (χ4v) is 0.995. The minimum Gasteiger partial charge on any atom is -0.365 e. The number of hydrogen-bond donors (Lipinski definition) is 3. The van der Waals surface area contributed by atoms with Crippen molar-refractivity contribution in [2.75, 3.05) is 6.54 Å². The first-order chi connectivity index (χ1) is 5.75. The molecule has 12 heavy (non-hydrogen) atoms. The summed E-state index contributed by atoms with van der Waals surface area (Å²) in [5.41, 5.74) is 11.7. The van der Waals surface area contributed by atoms with E-state index in [4.69, 9.17) is 11.5 Å². The molecule has 5 N–H and O–H groups in total. The average Bonchev–Trinajstić information content (AvgIpc) is 2.48. The predicted molar refractivity (Wildman–Crippen MR) is 44.5 cm³/mol. The van der Waals surface area contributed by atoms with E-state index < -0.39 is 5.91 Å². The number of aromatic nitrogens is 2. The third kappa shape index (κ3) is 1.82. The molecule has 0 atom stereocenters. The first-order valence-corrected chi connectivity index (χ1v) is 3.78. The number of nitrogens with two attached hydrogens (primary N) is 2. The molecule has 66 valence electrons. The molecule has 1 rings (SSSR count). The Hall–Kier alpha value is -1.36. The lowest BCUT2D eigenvalue weighted by Crippen LogP contribution is -2.13. The van der Waals surface area contributed by atoms with E-state index in [1.54, 1.807) is 0 Å². The maximum absolute atomic E-state index is 10.8. The van der Waals surface area contributed by atoms with Crippen molar-refractivity contribution in [2.24, 2.45) is 11.5 Å². The summed E-state index contributed by atoms with van der Waals surface area (Å²) in [6.07, 6.45) is 2.98. The SMILES string of the molecule is NCCCc1[nH]ncc1C(N)=O. The Morgan fingerprint density at radius 1 is 1.67 bits per heavy atom. The normalized spacial score (nSPS) is 10.1. The lowest BCUT2D eigenvalue weighted by Gasteiger charge is -1.96. The van der Waals surface area contributed by atoms with Crippen LogP contribution in [0.1, 0.15) is 22.5 Å². The van der Waals surface area contributed by atoms with Crippen molar-refractivity contribution in [2.45, 2.75) is 12.8 Å². The molecular weight excluding hydrogens is 156 g/mol. The van der Waals surface area contributed by atoms with E-state index in [0.717, 1.165) is 18.5 Å². The highest BCUT2D eigenvalue weighted by Gasteiger charge is 2.08. The summed E-state index contributed by atoms with van der Waals surface area (Å²) in [5.74, 6) is -0.448. The summed E-state index contributed by atoms with van der Waals surface area (Å²) >= 11 is 0. The van der Waals surface area contributed by atoms with E-state index in [1.807, 2.05) is 0 Å².